The summed E-state index contributed by atoms with van der Waals surface area (Å²) < 4.78 is 0. The molecule has 3 N–H and O–H groups in total. The Bertz CT molecular complexity index is 368. The first-order chi connectivity index (χ1) is 9.67. The minimum atomic E-state index is 0.834. The zero-order valence-corrected chi connectivity index (χ0v) is 13.4. The number of rotatable bonds is 10. The number of benzene rings is 1. The first-order valence-electron chi connectivity index (χ1n) is 7.99. The van der Waals surface area contributed by atoms with Gasteiger partial charge in [0.2, 0.25) is 0 Å². The molecule has 114 valence electrons. The minimum Gasteiger partial charge on any atom is -0.399 e. The van der Waals surface area contributed by atoms with Crippen molar-refractivity contribution in [1.29, 1.82) is 0 Å². The molecular weight excluding hydrogens is 246 g/mol. The van der Waals surface area contributed by atoms with Crippen LogP contribution in [0, 0.1) is 6.92 Å². The molecule has 0 radical (unpaired) electrons. The Morgan fingerprint density at radius 3 is 2.25 bits per heavy atom. The van der Waals surface area contributed by atoms with E-state index >= 15 is 0 Å². The van der Waals surface area contributed by atoms with Gasteiger partial charge in [-0.25, -0.2) is 0 Å². The fourth-order valence-corrected chi connectivity index (χ4v) is 2.33. The normalized spacial score (nSPS) is 11.0. The van der Waals surface area contributed by atoms with Crippen LogP contribution in [0.2, 0.25) is 0 Å². The molecule has 0 unspecified atom stereocenters. The second-order valence-electron chi connectivity index (χ2n) is 5.55. The first-order valence-corrected chi connectivity index (χ1v) is 7.99. The van der Waals surface area contributed by atoms with Crippen molar-refractivity contribution in [3.63, 3.8) is 0 Å². The third kappa shape index (κ3) is 6.29. The van der Waals surface area contributed by atoms with Gasteiger partial charge in [0, 0.05) is 24.5 Å². The van der Waals surface area contributed by atoms with Crippen molar-refractivity contribution >= 4 is 11.4 Å². The van der Waals surface area contributed by atoms with E-state index in [0.717, 1.165) is 18.8 Å². The molecular formula is C17H31N3. The number of anilines is 2. The monoisotopic (exact) mass is 277 g/mol. The number of hydrogen-bond donors (Lipinski definition) is 2. The molecule has 0 spiro atoms. The summed E-state index contributed by atoms with van der Waals surface area (Å²) in [6.45, 7) is 11.2. The molecule has 1 rings (SSSR count). The zero-order chi connectivity index (χ0) is 14.8. The van der Waals surface area contributed by atoms with Crippen molar-refractivity contribution in [3.05, 3.63) is 23.8 Å². The molecule has 20 heavy (non-hydrogen) atoms. The average molecular weight is 277 g/mol. The van der Waals surface area contributed by atoms with Crippen LogP contribution < -0.4 is 11.1 Å². The van der Waals surface area contributed by atoms with Crippen LogP contribution in [0.25, 0.3) is 0 Å². The molecule has 0 aliphatic rings. The van der Waals surface area contributed by atoms with Gasteiger partial charge in [0.05, 0.1) is 0 Å². The maximum absolute atomic E-state index is 5.78. The number of nitrogens with two attached hydrogens (primary N) is 1. The molecule has 0 aromatic heterocycles. The highest BCUT2D eigenvalue weighted by molar-refractivity contribution is 5.57. The van der Waals surface area contributed by atoms with Crippen LogP contribution in [0.15, 0.2) is 18.2 Å². The van der Waals surface area contributed by atoms with Gasteiger partial charge in [0.15, 0.2) is 0 Å². The van der Waals surface area contributed by atoms with Crippen LogP contribution in [0.4, 0.5) is 11.4 Å². The molecule has 0 fully saturated rings. The number of aryl methyl sites for hydroxylation is 1. The quantitative estimate of drug-likeness (QED) is 0.637. The van der Waals surface area contributed by atoms with Crippen LogP contribution in [0.1, 0.15) is 45.1 Å². The summed E-state index contributed by atoms with van der Waals surface area (Å²) in [5, 5.41) is 3.53. The van der Waals surface area contributed by atoms with E-state index in [4.69, 9.17) is 5.73 Å². The van der Waals surface area contributed by atoms with E-state index in [2.05, 4.69) is 37.1 Å². The van der Waals surface area contributed by atoms with E-state index in [0.29, 0.717) is 0 Å². The van der Waals surface area contributed by atoms with Gasteiger partial charge in [0.25, 0.3) is 0 Å². The van der Waals surface area contributed by atoms with Gasteiger partial charge in [-0.15, -0.1) is 0 Å². The Labute approximate surface area is 124 Å². The van der Waals surface area contributed by atoms with Crippen molar-refractivity contribution < 1.29 is 0 Å². The summed E-state index contributed by atoms with van der Waals surface area (Å²) in [6.07, 6.45) is 5.13. The Kier molecular flexibility index (Phi) is 8.12. The Morgan fingerprint density at radius 1 is 1.05 bits per heavy atom. The molecule has 3 heteroatoms. The van der Waals surface area contributed by atoms with Gasteiger partial charge in [0.1, 0.15) is 0 Å². The molecule has 0 atom stereocenters. The molecule has 1 aromatic rings. The molecule has 0 saturated heterocycles. The number of nitrogens with zero attached hydrogens (tertiary/aromatic N) is 1. The Morgan fingerprint density at radius 2 is 1.70 bits per heavy atom. The summed E-state index contributed by atoms with van der Waals surface area (Å²) in [7, 11) is 0. The van der Waals surface area contributed by atoms with Gasteiger partial charge in [-0.3, -0.25) is 0 Å². The molecule has 0 amide bonds. The van der Waals surface area contributed by atoms with Gasteiger partial charge in [-0.05, 0) is 56.6 Å². The Balaban J connectivity index is 2.38. The van der Waals surface area contributed by atoms with E-state index < -0.39 is 0 Å². The van der Waals surface area contributed by atoms with Crippen molar-refractivity contribution in [1.82, 2.24) is 4.90 Å². The third-order valence-corrected chi connectivity index (χ3v) is 3.65. The molecule has 0 heterocycles. The summed E-state index contributed by atoms with van der Waals surface area (Å²) in [4.78, 5) is 2.58. The highest BCUT2D eigenvalue weighted by atomic mass is 15.1. The van der Waals surface area contributed by atoms with Gasteiger partial charge in [-0.2, -0.15) is 0 Å². The van der Waals surface area contributed by atoms with Gasteiger partial charge >= 0.3 is 0 Å². The molecule has 0 saturated carbocycles. The van der Waals surface area contributed by atoms with Crippen molar-refractivity contribution in [2.75, 3.05) is 37.2 Å². The largest absolute Gasteiger partial charge is 0.399 e. The van der Waals surface area contributed by atoms with Crippen LogP contribution in [-0.2, 0) is 0 Å². The summed E-state index contributed by atoms with van der Waals surface area (Å²) in [5.41, 5.74) is 9.03. The first kappa shape index (κ1) is 16.8. The fourth-order valence-electron chi connectivity index (χ4n) is 2.33. The van der Waals surface area contributed by atoms with Crippen molar-refractivity contribution in [2.24, 2.45) is 0 Å². The van der Waals surface area contributed by atoms with E-state index in [9.17, 15) is 0 Å². The predicted molar refractivity (Wildman–Crippen MR) is 90.3 cm³/mol. The summed E-state index contributed by atoms with van der Waals surface area (Å²) >= 11 is 0. The maximum atomic E-state index is 5.78. The standard InChI is InChI=1S/C17H31N3/c1-4-6-11-20(12-7-5-2)13-10-19-17-9-8-16(18)14-15(17)3/h8-9,14,19H,4-7,10-13,18H2,1-3H3. The molecule has 0 aliphatic carbocycles. The zero-order valence-electron chi connectivity index (χ0n) is 13.4. The van der Waals surface area contributed by atoms with Crippen LogP contribution in [0.5, 0.6) is 0 Å². The number of nitrogens with one attached hydrogen (secondary N) is 1. The number of unbranched alkanes of at least 4 members (excludes halogenated alkanes) is 2. The summed E-state index contributed by atoms with van der Waals surface area (Å²) in [6, 6.07) is 6.06. The second kappa shape index (κ2) is 9.65. The SMILES string of the molecule is CCCCN(CCCC)CCNc1ccc(N)cc1C. The molecule has 3 nitrogen and oxygen atoms in total. The highest BCUT2D eigenvalue weighted by Gasteiger charge is 2.04. The van der Waals surface area contributed by atoms with Crippen LogP contribution >= 0.6 is 0 Å². The lowest BCUT2D eigenvalue weighted by molar-refractivity contribution is 0.275. The van der Waals surface area contributed by atoms with E-state index in [1.807, 2.05) is 12.1 Å². The molecule has 0 bridgehead atoms. The molecule has 1 aromatic carbocycles. The van der Waals surface area contributed by atoms with Gasteiger partial charge in [-0.1, -0.05) is 26.7 Å². The Hall–Kier alpha value is -1.22. The van der Waals surface area contributed by atoms with E-state index in [1.54, 1.807) is 0 Å². The number of hydrogen-bond acceptors (Lipinski definition) is 3. The average Bonchev–Trinajstić information content (AvgIpc) is 2.43. The number of nitrogen functional groups attached to an aromatic ring is 1. The maximum Gasteiger partial charge on any atom is 0.0371 e. The lowest BCUT2D eigenvalue weighted by Crippen LogP contribution is -2.31. The minimum absolute atomic E-state index is 0.834. The highest BCUT2D eigenvalue weighted by Crippen LogP contribution is 2.17. The predicted octanol–water partition coefficient (Wildman–Crippen LogP) is 3.89. The lowest BCUT2D eigenvalue weighted by Gasteiger charge is -2.22. The third-order valence-electron chi connectivity index (χ3n) is 3.65. The van der Waals surface area contributed by atoms with Crippen molar-refractivity contribution in [3.8, 4) is 0 Å². The van der Waals surface area contributed by atoms with Gasteiger partial charge < -0.3 is 16.0 Å². The second-order valence-corrected chi connectivity index (χ2v) is 5.55. The topological polar surface area (TPSA) is 41.3 Å². The van der Waals surface area contributed by atoms with E-state index in [-0.39, 0.29) is 0 Å². The van der Waals surface area contributed by atoms with Crippen LogP contribution in [0.3, 0.4) is 0 Å². The smallest absolute Gasteiger partial charge is 0.0371 e. The van der Waals surface area contributed by atoms with E-state index in [1.165, 1.54) is 50.0 Å². The van der Waals surface area contributed by atoms with Crippen LogP contribution in [-0.4, -0.2) is 31.1 Å². The lowest BCUT2D eigenvalue weighted by atomic mass is 10.2. The fraction of sp³-hybridized carbons (Fsp3) is 0.647. The molecule has 0 aliphatic heterocycles. The summed E-state index contributed by atoms with van der Waals surface area (Å²) in [5.74, 6) is 0. The van der Waals surface area contributed by atoms with Crippen molar-refractivity contribution in [2.45, 2.75) is 46.5 Å².